The summed E-state index contributed by atoms with van der Waals surface area (Å²) in [5, 5.41) is 3.69. The number of likely N-dealkylation sites (tertiary alicyclic amines) is 1. The lowest BCUT2D eigenvalue weighted by molar-refractivity contribution is 0.0773. The summed E-state index contributed by atoms with van der Waals surface area (Å²) < 4.78 is 5.67. The molecule has 0 aliphatic carbocycles. The highest BCUT2D eigenvalue weighted by molar-refractivity contribution is 4.85. The van der Waals surface area contributed by atoms with Crippen LogP contribution in [-0.4, -0.2) is 49.8 Å². The molecule has 2 aliphatic rings. The van der Waals surface area contributed by atoms with Crippen molar-refractivity contribution in [3.63, 3.8) is 0 Å². The van der Waals surface area contributed by atoms with Crippen molar-refractivity contribution in [3.05, 3.63) is 0 Å². The van der Waals surface area contributed by atoms with Gasteiger partial charge in [-0.3, -0.25) is 0 Å². The third-order valence-electron chi connectivity index (χ3n) is 4.67. The Bertz CT molecular complexity index is 247. The first-order chi connectivity index (χ1) is 8.70. The Morgan fingerprint density at radius 3 is 2.72 bits per heavy atom. The first-order valence-corrected chi connectivity index (χ1v) is 7.78. The van der Waals surface area contributed by atoms with Crippen LogP contribution in [0.4, 0.5) is 0 Å². The zero-order valence-corrected chi connectivity index (χ0v) is 12.3. The van der Waals surface area contributed by atoms with Crippen LogP contribution in [0.5, 0.6) is 0 Å². The van der Waals surface area contributed by atoms with E-state index in [0.29, 0.717) is 6.10 Å². The predicted molar refractivity (Wildman–Crippen MR) is 75.8 cm³/mol. The molecule has 2 rings (SSSR count). The molecule has 0 spiro atoms. The molecule has 3 nitrogen and oxygen atoms in total. The lowest BCUT2D eigenvalue weighted by atomic mass is 9.92. The summed E-state index contributed by atoms with van der Waals surface area (Å²) in [6, 6.07) is 0.735. The molecule has 18 heavy (non-hydrogen) atoms. The van der Waals surface area contributed by atoms with E-state index in [1.165, 1.54) is 45.4 Å². The minimum Gasteiger partial charge on any atom is -0.378 e. The van der Waals surface area contributed by atoms with Crippen LogP contribution in [0.2, 0.25) is 0 Å². The van der Waals surface area contributed by atoms with Gasteiger partial charge < -0.3 is 15.0 Å². The van der Waals surface area contributed by atoms with E-state index in [0.717, 1.165) is 24.5 Å². The minimum absolute atomic E-state index is 0.469. The first-order valence-electron chi connectivity index (χ1n) is 7.78. The van der Waals surface area contributed by atoms with E-state index in [9.17, 15) is 0 Å². The fourth-order valence-electron chi connectivity index (χ4n) is 3.38. The molecule has 4 unspecified atom stereocenters. The van der Waals surface area contributed by atoms with Gasteiger partial charge in [-0.1, -0.05) is 13.8 Å². The molecule has 4 atom stereocenters. The van der Waals surface area contributed by atoms with Crippen molar-refractivity contribution in [2.75, 3.05) is 32.8 Å². The maximum absolute atomic E-state index is 5.67. The van der Waals surface area contributed by atoms with E-state index in [2.05, 4.69) is 31.0 Å². The topological polar surface area (TPSA) is 24.5 Å². The second-order valence-electron chi connectivity index (χ2n) is 6.21. The summed E-state index contributed by atoms with van der Waals surface area (Å²) in [5.74, 6) is 1.54. The van der Waals surface area contributed by atoms with E-state index < -0.39 is 0 Å². The van der Waals surface area contributed by atoms with Gasteiger partial charge in [-0.25, -0.2) is 0 Å². The molecule has 0 bridgehead atoms. The van der Waals surface area contributed by atoms with Crippen LogP contribution in [0.3, 0.4) is 0 Å². The number of ether oxygens (including phenoxy) is 1. The maximum Gasteiger partial charge on any atom is 0.0588 e. The molecule has 0 aromatic rings. The molecule has 2 saturated heterocycles. The normalized spacial score (nSPS) is 38.2. The van der Waals surface area contributed by atoms with Gasteiger partial charge in [-0.05, 0) is 51.1 Å². The second kappa shape index (κ2) is 6.88. The molecule has 1 N–H and O–H groups in total. The van der Waals surface area contributed by atoms with Crippen molar-refractivity contribution < 1.29 is 4.74 Å². The number of hydrogen-bond acceptors (Lipinski definition) is 3. The third-order valence-corrected chi connectivity index (χ3v) is 4.67. The molecule has 2 aliphatic heterocycles. The van der Waals surface area contributed by atoms with Gasteiger partial charge in [0.25, 0.3) is 0 Å². The van der Waals surface area contributed by atoms with E-state index in [1.54, 1.807) is 0 Å². The molecule has 0 aromatic carbocycles. The van der Waals surface area contributed by atoms with Crippen molar-refractivity contribution in [2.24, 2.45) is 11.8 Å². The van der Waals surface area contributed by atoms with Gasteiger partial charge in [0.2, 0.25) is 0 Å². The fraction of sp³-hybridized carbons (Fsp3) is 1.00. The summed E-state index contributed by atoms with van der Waals surface area (Å²) in [6.07, 6.45) is 4.27. The Morgan fingerprint density at radius 1 is 1.28 bits per heavy atom. The molecular weight excluding hydrogens is 224 g/mol. The van der Waals surface area contributed by atoms with Gasteiger partial charge in [0.1, 0.15) is 0 Å². The molecule has 0 amide bonds. The molecule has 0 saturated carbocycles. The van der Waals surface area contributed by atoms with E-state index >= 15 is 0 Å². The van der Waals surface area contributed by atoms with E-state index in [-0.39, 0.29) is 0 Å². The van der Waals surface area contributed by atoms with Crippen molar-refractivity contribution in [3.8, 4) is 0 Å². The van der Waals surface area contributed by atoms with Crippen molar-refractivity contribution in [1.82, 2.24) is 10.2 Å². The van der Waals surface area contributed by atoms with Crippen LogP contribution in [-0.2, 0) is 4.74 Å². The van der Waals surface area contributed by atoms with Crippen LogP contribution >= 0.6 is 0 Å². The van der Waals surface area contributed by atoms with Crippen molar-refractivity contribution in [2.45, 2.75) is 52.2 Å². The van der Waals surface area contributed by atoms with Gasteiger partial charge in [-0.2, -0.15) is 0 Å². The van der Waals surface area contributed by atoms with Gasteiger partial charge in [0.15, 0.2) is 0 Å². The summed E-state index contributed by atoms with van der Waals surface area (Å²) in [6.45, 7) is 12.8. The van der Waals surface area contributed by atoms with Gasteiger partial charge >= 0.3 is 0 Å². The largest absolute Gasteiger partial charge is 0.378 e. The zero-order valence-electron chi connectivity index (χ0n) is 12.3. The molecule has 0 aromatic heterocycles. The third kappa shape index (κ3) is 3.69. The Hall–Kier alpha value is -0.120. The Kier molecular flexibility index (Phi) is 5.46. The molecule has 3 heteroatoms. The van der Waals surface area contributed by atoms with Crippen LogP contribution in [0.25, 0.3) is 0 Å². The molecule has 106 valence electrons. The van der Waals surface area contributed by atoms with E-state index in [1.807, 2.05) is 0 Å². The van der Waals surface area contributed by atoms with Crippen LogP contribution in [0, 0.1) is 11.8 Å². The number of nitrogens with zero attached hydrogens (tertiary/aromatic N) is 1. The summed E-state index contributed by atoms with van der Waals surface area (Å²) in [5.41, 5.74) is 0. The van der Waals surface area contributed by atoms with Crippen LogP contribution in [0.1, 0.15) is 40.0 Å². The number of nitrogens with one attached hydrogen (secondary N) is 1. The highest BCUT2D eigenvalue weighted by atomic mass is 16.5. The number of piperidine rings is 1. The lowest BCUT2D eigenvalue weighted by Gasteiger charge is -2.38. The fourth-order valence-corrected chi connectivity index (χ4v) is 3.38. The average Bonchev–Trinajstić information content (AvgIpc) is 2.74. The van der Waals surface area contributed by atoms with Crippen LogP contribution in [0.15, 0.2) is 0 Å². The van der Waals surface area contributed by atoms with Gasteiger partial charge in [0, 0.05) is 25.7 Å². The van der Waals surface area contributed by atoms with Crippen LogP contribution < -0.4 is 5.32 Å². The Labute approximate surface area is 112 Å². The van der Waals surface area contributed by atoms with Crippen molar-refractivity contribution >= 4 is 0 Å². The minimum atomic E-state index is 0.469. The van der Waals surface area contributed by atoms with E-state index in [4.69, 9.17) is 4.74 Å². The molecule has 0 radical (unpaired) electrons. The summed E-state index contributed by atoms with van der Waals surface area (Å²) in [7, 11) is 0. The molecule has 2 heterocycles. The predicted octanol–water partition coefficient (Wildman–Crippen LogP) is 2.12. The second-order valence-corrected chi connectivity index (χ2v) is 6.21. The standard InChI is InChI=1S/C15H30N2O/c1-4-7-16-15-5-8-17(10-12(15)2)11-14-6-9-18-13(14)3/h12-16H,4-11H2,1-3H3. The highest BCUT2D eigenvalue weighted by Crippen LogP contribution is 2.24. The number of hydrogen-bond donors (Lipinski definition) is 1. The monoisotopic (exact) mass is 254 g/mol. The van der Waals surface area contributed by atoms with Gasteiger partial charge in [0.05, 0.1) is 6.10 Å². The Morgan fingerprint density at radius 2 is 2.11 bits per heavy atom. The average molecular weight is 254 g/mol. The first kappa shape index (κ1) is 14.3. The van der Waals surface area contributed by atoms with Crippen molar-refractivity contribution in [1.29, 1.82) is 0 Å². The summed E-state index contributed by atoms with van der Waals surface area (Å²) in [4.78, 5) is 2.66. The van der Waals surface area contributed by atoms with Gasteiger partial charge in [-0.15, -0.1) is 0 Å². The quantitative estimate of drug-likeness (QED) is 0.813. The summed E-state index contributed by atoms with van der Waals surface area (Å²) >= 11 is 0. The molecular formula is C15H30N2O. The Balaban J connectivity index is 1.73. The zero-order chi connectivity index (χ0) is 13.0. The smallest absolute Gasteiger partial charge is 0.0588 e. The number of rotatable bonds is 5. The maximum atomic E-state index is 5.67. The lowest BCUT2D eigenvalue weighted by Crippen LogP contribution is -2.49. The SMILES string of the molecule is CCCNC1CCN(CC2CCOC2C)CC1C. The highest BCUT2D eigenvalue weighted by Gasteiger charge is 2.30. The molecule has 2 fully saturated rings.